The fraction of sp³-hybridized carbons (Fsp3) is 0.556. The second kappa shape index (κ2) is 4.96. The normalized spacial score (nSPS) is 15.7. The number of aryl methyl sites for hydroxylation is 1. The van der Waals surface area contributed by atoms with E-state index < -0.39 is 12.2 Å². The van der Waals surface area contributed by atoms with Gasteiger partial charge in [-0.25, -0.2) is 0 Å². The van der Waals surface area contributed by atoms with Gasteiger partial charge in [0.15, 0.2) is 0 Å². The van der Waals surface area contributed by atoms with Gasteiger partial charge in [-0.3, -0.25) is 0 Å². The average molecular weight is 221 g/mol. The minimum atomic E-state index is -0.802. The Hall–Kier alpha value is -0.0900. The third-order valence-corrected chi connectivity index (χ3v) is 2.96. The summed E-state index contributed by atoms with van der Waals surface area (Å²) in [5.41, 5.74) is 0.778. The van der Waals surface area contributed by atoms with Crippen molar-refractivity contribution in [2.45, 2.75) is 25.6 Å². The van der Waals surface area contributed by atoms with Crippen LogP contribution in [-0.4, -0.2) is 22.2 Å². The van der Waals surface area contributed by atoms with Gasteiger partial charge in [0.2, 0.25) is 0 Å². The summed E-state index contributed by atoms with van der Waals surface area (Å²) in [6.45, 7) is 1.97. The maximum absolute atomic E-state index is 9.63. The SMILES string of the molecule is Cc1cc(C(O)C(O)CCCl)cs1. The Bertz CT molecular complexity index is 262. The monoisotopic (exact) mass is 220 g/mol. The summed E-state index contributed by atoms with van der Waals surface area (Å²) in [5.74, 6) is 0.362. The highest BCUT2D eigenvalue weighted by atomic mass is 35.5. The van der Waals surface area contributed by atoms with Crippen molar-refractivity contribution in [2.75, 3.05) is 5.88 Å². The molecule has 0 fully saturated rings. The van der Waals surface area contributed by atoms with E-state index in [0.29, 0.717) is 12.3 Å². The van der Waals surface area contributed by atoms with Gasteiger partial charge in [-0.05, 0) is 30.4 Å². The summed E-state index contributed by atoms with van der Waals surface area (Å²) in [4.78, 5) is 1.13. The molecular weight excluding hydrogens is 208 g/mol. The third-order valence-electron chi connectivity index (χ3n) is 1.86. The molecule has 74 valence electrons. The lowest BCUT2D eigenvalue weighted by Gasteiger charge is -2.15. The van der Waals surface area contributed by atoms with Crippen molar-refractivity contribution >= 4 is 22.9 Å². The summed E-state index contributed by atoms with van der Waals surface area (Å²) >= 11 is 7.03. The number of hydrogen-bond donors (Lipinski definition) is 2. The molecule has 0 aliphatic carbocycles. The summed E-state index contributed by atoms with van der Waals surface area (Å²) < 4.78 is 0. The van der Waals surface area contributed by atoms with Crippen LogP contribution in [0, 0.1) is 6.92 Å². The number of aliphatic hydroxyl groups excluding tert-OH is 2. The van der Waals surface area contributed by atoms with Crippen LogP contribution in [0.1, 0.15) is 23.0 Å². The Balaban J connectivity index is 2.61. The predicted molar refractivity (Wildman–Crippen MR) is 55.4 cm³/mol. The first-order valence-electron chi connectivity index (χ1n) is 4.12. The van der Waals surface area contributed by atoms with E-state index in [9.17, 15) is 10.2 Å². The van der Waals surface area contributed by atoms with Crippen LogP contribution in [0.15, 0.2) is 11.4 Å². The predicted octanol–water partition coefficient (Wildman–Crippen LogP) is 2.08. The molecule has 2 atom stereocenters. The molecule has 0 aliphatic rings. The molecule has 1 heterocycles. The second-order valence-electron chi connectivity index (χ2n) is 2.98. The molecule has 0 saturated carbocycles. The standard InChI is InChI=1S/C9H13ClO2S/c1-6-4-7(5-13-6)9(12)8(11)2-3-10/h4-5,8-9,11-12H,2-3H2,1H3. The maximum atomic E-state index is 9.63. The third kappa shape index (κ3) is 2.95. The fourth-order valence-corrected chi connectivity index (χ4v) is 2.07. The van der Waals surface area contributed by atoms with E-state index in [-0.39, 0.29) is 0 Å². The quantitative estimate of drug-likeness (QED) is 0.763. The minimum Gasteiger partial charge on any atom is -0.390 e. The zero-order chi connectivity index (χ0) is 9.84. The van der Waals surface area contributed by atoms with Gasteiger partial charge in [0.05, 0.1) is 6.10 Å². The molecule has 1 aromatic rings. The molecule has 0 bridgehead atoms. The van der Waals surface area contributed by atoms with Crippen molar-refractivity contribution in [3.05, 3.63) is 21.9 Å². The Kier molecular flexibility index (Phi) is 4.19. The molecule has 0 amide bonds. The second-order valence-corrected chi connectivity index (χ2v) is 4.47. The van der Waals surface area contributed by atoms with Crippen LogP contribution >= 0.6 is 22.9 Å². The van der Waals surface area contributed by atoms with E-state index in [4.69, 9.17) is 11.6 Å². The van der Waals surface area contributed by atoms with Crippen molar-refractivity contribution < 1.29 is 10.2 Å². The Labute approximate surface area is 86.8 Å². The molecule has 0 aromatic carbocycles. The molecule has 0 spiro atoms. The van der Waals surface area contributed by atoms with Crippen LogP contribution in [0.2, 0.25) is 0 Å². The molecule has 2 unspecified atom stereocenters. The zero-order valence-corrected chi connectivity index (χ0v) is 8.98. The van der Waals surface area contributed by atoms with Gasteiger partial charge < -0.3 is 10.2 Å². The number of rotatable bonds is 4. The van der Waals surface area contributed by atoms with E-state index in [1.807, 2.05) is 18.4 Å². The first-order valence-corrected chi connectivity index (χ1v) is 5.53. The van der Waals surface area contributed by atoms with Gasteiger partial charge in [-0.15, -0.1) is 22.9 Å². The van der Waals surface area contributed by atoms with E-state index in [0.717, 1.165) is 10.4 Å². The molecule has 0 radical (unpaired) electrons. The van der Waals surface area contributed by atoms with Gasteiger partial charge in [0.1, 0.15) is 6.10 Å². The summed E-state index contributed by atoms with van der Waals surface area (Å²) in [5, 5.41) is 20.9. The van der Waals surface area contributed by atoms with E-state index in [1.165, 1.54) is 0 Å². The molecule has 1 rings (SSSR count). The highest BCUT2D eigenvalue weighted by molar-refractivity contribution is 7.10. The van der Waals surface area contributed by atoms with Crippen molar-refractivity contribution in [3.63, 3.8) is 0 Å². The number of halogens is 1. The maximum Gasteiger partial charge on any atom is 0.106 e. The van der Waals surface area contributed by atoms with Crippen molar-refractivity contribution in [3.8, 4) is 0 Å². The highest BCUT2D eigenvalue weighted by Gasteiger charge is 2.18. The molecule has 2 nitrogen and oxygen atoms in total. The molecule has 2 N–H and O–H groups in total. The van der Waals surface area contributed by atoms with Crippen LogP contribution in [0.3, 0.4) is 0 Å². The molecule has 0 aliphatic heterocycles. The lowest BCUT2D eigenvalue weighted by Crippen LogP contribution is -2.18. The number of alkyl halides is 1. The first kappa shape index (κ1) is 11.0. The molecule has 4 heteroatoms. The van der Waals surface area contributed by atoms with Gasteiger partial charge in [-0.2, -0.15) is 0 Å². The largest absolute Gasteiger partial charge is 0.390 e. The first-order chi connectivity index (χ1) is 6.15. The molecule has 0 saturated heterocycles. The van der Waals surface area contributed by atoms with E-state index in [1.54, 1.807) is 11.3 Å². The fourth-order valence-electron chi connectivity index (χ4n) is 1.11. The Morgan fingerprint density at radius 1 is 1.54 bits per heavy atom. The topological polar surface area (TPSA) is 40.5 Å². The minimum absolute atomic E-state index is 0.362. The summed E-state index contributed by atoms with van der Waals surface area (Å²) in [6.07, 6.45) is -1.15. The molecule has 1 aromatic heterocycles. The van der Waals surface area contributed by atoms with Crippen LogP contribution in [0.25, 0.3) is 0 Å². The van der Waals surface area contributed by atoms with Crippen LogP contribution < -0.4 is 0 Å². The van der Waals surface area contributed by atoms with Crippen LogP contribution in [-0.2, 0) is 0 Å². The van der Waals surface area contributed by atoms with Crippen LogP contribution in [0.4, 0.5) is 0 Å². The molecule has 13 heavy (non-hydrogen) atoms. The lowest BCUT2D eigenvalue weighted by molar-refractivity contribution is 0.0172. The lowest BCUT2D eigenvalue weighted by atomic mass is 10.1. The van der Waals surface area contributed by atoms with Crippen LogP contribution in [0.5, 0.6) is 0 Å². The van der Waals surface area contributed by atoms with E-state index in [2.05, 4.69) is 0 Å². The zero-order valence-electron chi connectivity index (χ0n) is 7.40. The smallest absolute Gasteiger partial charge is 0.106 e. The van der Waals surface area contributed by atoms with Gasteiger partial charge in [0.25, 0.3) is 0 Å². The van der Waals surface area contributed by atoms with Crippen molar-refractivity contribution in [2.24, 2.45) is 0 Å². The molecular formula is C9H13ClO2S. The summed E-state index contributed by atoms with van der Waals surface area (Å²) in [7, 11) is 0. The number of aliphatic hydroxyl groups is 2. The highest BCUT2D eigenvalue weighted by Crippen LogP contribution is 2.24. The van der Waals surface area contributed by atoms with Gasteiger partial charge in [-0.1, -0.05) is 0 Å². The Morgan fingerprint density at radius 3 is 2.69 bits per heavy atom. The van der Waals surface area contributed by atoms with Gasteiger partial charge in [0, 0.05) is 10.8 Å². The Morgan fingerprint density at radius 2 is 2.23 bits per heavy atom. The van der Waals surface area contributed by atoms with Gasteiger partial charge >= 0.3 is 0 Å². The average Bonchev–Trinajstić information content (AvgIpc) is 2.51. The summed E-state index contributed by atoms with van der Waals surface area (Å²) in [6, 6.07) is 1.88. The van der Waals surface area contributed by atoms with Crippen molar-refractivity contribution in [1.82, 2.24) is 0 Å². The van der Waals surface area contributed by atoms with Crippen molar-refractivity contribution in [1.29, 1.82) is 0 Å². The number of thiophene rings is 1. The van der Waals surface area contributed by atoms with E-state index >= 15 is 0 Å². The number of hydrogen-bond acceptors (Lipinski definition) is 3.